The number of benzene rings is 3. The van der Waals surface area contributed by atoms with Gasteiger partial charge in [-0.15, -0.1) is 0 Å². The normalized spacial score (nSPS) is 12.9. The molecule has 0 spiro atoms. The van der Waals surface area contributed by atoms with Gasteiger partial charge in [0.25, 0.3) is 10.0 Å². The molecule has 1 N–H and O–H groups in total. The van der Waals surface area contributed by atoms with E-state index in [-0.39, 0.29) is 23.4 Å². The van der Waals surface area contributed by atoms with Gasteiger partial charge in [-0.3, -0.25) is 13.9 Å². The summed E-state index contributed by atoms with van der Waals surface area (Å²) in [6.45, 7) is 8.62. The lowest BCUT2D eigenvalue weighted by atomic mass is 10.1. The first kappa shape index (κ1) is 31.5. The van der Waals surface area contributed by atoms with Gasteiger partial charge in [-0.25, -0.2) is 8.42 Å². The molecule has 214 valence electrons. The number of halogens is 2. The zero-order chi connectivity index (χ0) is 29.6. The first-order chi connectivity index (χ1) is 18.8. The van der Waals surface area contributed by atoms with Crippen molar-refractivity contribution < 1.29 is 18.0 Å². The van der Waals surface area contributed by atoms with Crippen LogP contribution in [0.15, 0.2) is 71.6 Å². The van der Waals surface area contributed by atoms with Gasteiger partial charge in [0.1, 0.15) is 12.6 Å². The third-order valence-corrected chi connectivity index (χ3v) is 9.26. The predicted molar refractivity (Wildman–Crippen MR) is 161 cm³/mol. The zero-order valence-corrected chi connectivity index (χ0v) is 25.6. The Morgan fingerprint density at radius 2 is 1.60 bits per heavy atom. The van der Waals surface area contributed by atoms with Crippen LogP contribution in [-0.4, -0.2) is 43.8 Å². The average Bonchev–Trinajstić information content (AvgIpc) is 2.93. The Hall–Kier alpha value is -3.07. The molecule has 0 aliphatic carbocycles. The Bertz CT molecular complexity index is 1470. The van der Waals surface area contributed by atoms with Crippen molar-refractivity contribution in [2.24, 2.45) is 0 Å². The van der Waals surface area contributed by atoms with Gasteiger partial charge in [-0.2, -0.15) is 0 Å². The quantitative estimate of drug-likeness (QED) is 0.285. The molecule has 3 aromatic carbocycles. The van der Waals surface area contributed by atoms with Gasteiger partial charge < -0.3 is 10.2 Å². The molecular formula is C30H35Cl2N3O4S. The number of carbonyl (C=O) groups is 2. The van der Waals surface area contributed by atoms with Gasteiger partial charge in [-0.1, -0.05) is 66.5 Å². The highest BCUT2D eigenvalue weighted by molar-refractivity contribution is 7.92. The van der Waals surface area contributed by atoms with Gasteiger partial charge in [0.05, 0.1) is 20.6 Å². The number of amides is 2. The SMILES string of the molecule is CC[C@H](C)NC(=O)[C@@H](C)N(Cc1ccc(Cl)c(Cl)c1)C(=O)CN(c1cc(C)ccc1C)S(=O)(=O)c1ccccc1. The number of rotatable bonds is 11. The van der Waals surface area contributed by atoms with Crippen LogP contribution in [0.3, 0.4) is 0 Å². The van der Waals surface area contributed by atoms with Crippen molar-refractivity contribution in [1.29, 1.82) is 0 Å². The van der Waals surface area contributed by atoms with E-state index in [4.69, 9.17) is 23.2 Å². The van der Waals surface area contributed by atoms with Crippen molar-refractivity contribution in [3.8, 4) is 0 Å². The molecule has 0 radical (unpaired) electrons. The minimum atomic E-state index is -4.13. The summed E-state index contributed by atoms with van der Waals surface area (Å²) in [6.07, 6.45) is 0.717. The smallest absolute Gasteiger partial charge is 0.264 e. The number of hydrogen-bond acceptors (Lipinski definition) is 4. The van der Waals surface area contributed by atoms with E-state index in [1.807, 2.05) is 32.9 Å². The number of nitrogens with one attached hydrogen (secondary N) is 1. The lowest BCUT2D eigenvalue weighted by Crippen LogP contribution is -2.52. The number of anilines is 1. The zero-order valence-electron chi connectivity index (χ0n) is 23.3. The first-order valence-corrected chi connectivity index (χ1v) is 15.2. The minimum Gasteiger partial charge on any atom is -0.352 e. The summed E-state index contributed by atoms with van der Waals surface area (Å²) >= 11 is 12.3. The average molecular weight is 605 g/mol. The van der Waals surface area contributed by atoms with Crippen LogP contribution < -0.4 is 9.62 Å². The van der Waals surface area contributed by atoms with E-state index in [2.05, 4.69) is 5.32 Å². The van der Waals surface area contributed by atoms with Gasteiger partial charge in [0.15, 0.2) is 0 Å². The molecule has 0 heterocycles. The third kappa shape index (κ3) is 7.56. The molecular weight excluding hydrogens is 569 g/mol. The van der Waals surface area contributed by atoms with E-state index >= 15 is 0 Å². The molecule has 2 atom stereocenters. The molecule has 0 saturated heterocycles. The van der Waals surface area contributed by atoms with E-state index in [1.54, 1.807) is 56.3 Å². The molecule has 7 nitrogen and oxygen atoms in total. The number of carbonyl (C=O) groups excluding carboxylic acids is 2. The van der Waals surface area contributed by atoms with E-state index in [9.17, 15) is 18.0 Å². The number of hydrogen-bond donors (Lipinski definition) is 1. The maximum atomic E-state index is 14.0. The Labute approximate surface area is 247 Å². The minimum absolute atomic E-state index is 0.0246. The summed E-state index contributed by atoms with van der Waals surface area (Å²) in [5.74, 6) is -0.884. The fraction of sp³-hybridized carbons (Fsp3) is 0.333. The molecule has 0 aromatic heterocycles. The second-order valence-corrected chi connectivity index (χ2v) is 12.6. The molecule has 40 heavy (non-hydrogen) atoms. The standard InChI is InChI=1S/C30H35Cl2N3O4S/c1-6-22(4)33-30(37)23(5)34(18-24-14-15-26(31)27(32)17-24)29(36)19-35(28-16-20(2)12-13-21(28)3)40(38,39)25-10-8-7-9-11-25/h7-17,22-23H,6,18-19H2,1-5H3,(H,33,37)/t22-,23+/m0/s1. The third-order valence-electron chi connectivity index (χ3n) is 6.75. The van der Waals surface area contributed by atoms with Gasteiger partial charge in [-0.05, 0) is 81.1 Å². The van der Waals surface area contributed by atoms with Gasteiger partial charge >= 0.3 is 0 Å². The Balaban J connectivity index is 2.07. The van der Waals surface area contributed by atoms with Gasteiger partial charge in [0.2, 0.25) is 11.8 Å². The summed E-state index contributed by atoms with van der Waals surface area (Å²) in [5.41, 5.74) is 2.57. The number of sulfonamides is 1. The molecule has 2 amide bonds. The van der Waals surface area contributed by atoms with E-state index < -0.39 is 28.5 Å². The topological polar surface area (TPSA) is 86.8 Å². The van der Waals surface area contributed by atoms with Crippen molar-refractivity contribution >= 4 is 50.7 Å². The monoisotopic (exact) mass is 603 g/mol. The highest BCUT2D eigenvalue weighted by Crippen LogP contribution is 2.29. The van der Waals surface area contributed by atoms with Crippen LogP contribution in [0.4, 0.5) is 5.69 Å². The molecule has 3 rings (SSSR count). The van der Waals surface area contributed by atoms with Crippen LogP contribution in [-0.2, 0) is 26.2 Å². The molecule has 0 aliphatic rings. The Kier molecular flexibility index (Phi) is 10.6. The van der Waals surface area contributed by atoms with Crippen LogP contribution in [0.2, 0.25) is 10.0 Å². The van der Waals surface area contributed by atoms with E-state index in [1.165, 1.54) is 17.0 Å². The van der Waals surface area contributed by atoms with Crippen LogP contribution in [0.5, 0.6) is 0 Å². The largest absolute Gasteiger partial charge is 0.352 e. The van der Waals surface area contributed by atoms with E-state index in [0.717, 1.165) is 16.3 Å². The molecule has 0 bridgehead atoms. The number of nitrogens with zero attached hydrogens (tertiary/aromatic N) is 2. The van der Waals surface area contributed by atoms with Crippen LogP contribution in [0, 0.1) is 13.8 Å². The van der Waals surface area contributed by atoms with Crippen LogP contribution in [0.25, 0.3) is 0 Å². The van der Waals surface area contributed by atoms with Crippen LogP contribution in [0.1, 0.15) is 43.9 Å². The fourth-order valence-electron chi connectivity index (χ4n) is 4.10. The summed E-state index contributed by atoms with van der Waals surface area (Å²) in [4.78, 5) is 28.6. The fourth-order valence-corrected chi connectivity index (χ4v) is 5.92. The lowest BCUT2D eigenvalue weighted by molar-refractivity contribution is -0.139. The van der Waals surface area contributed by atoms with Crippen molar-refractivity contribution in [2.45, 2.75) is 64.6 Å². The second kappa shape index (κ2) is 13.5. The lowest BCUT2D eigenvalue weighted by Gasteiger charge is -2.33. The second-order valence-electron chi connectivity index (χ2n) is 9.88. The van der Waals surface area contributed by atoms with Crippen LogP contribution >= 0.6 is 23.2 Å². The van der Waals surface area contributed by atoms with Crippen molar-refractivity contribution in [1.82, 2.24) is 10.2 Å². The summed E-state index contributed by atoms with van der Waals surface area (Å²) in [7, 11) is -4.13. The molecule has 10 heteroatoms. The highest BCUT2D eigenvalue weighted by Gasteiger charge is 2.33. The predicted octanol–water partition coefficient (Wildman–Crippen LogP) is 6.14. The van der Waals surface area contributed by atoms with Gasteiger partial charge in [0, 0.05) is 12.6 Å². The first-order valence-electron chi connectivity index (χ1n) is 13.0. The molecule has 0 unspecified atom stereocenters. The summed E-state index contributed by atoms with van der Waals surface area (Å²) in [6, 6.07) is 17.4. The Morgan fingerprint density at radius 1 is 0.925 bits per heavy atom. The molecule has 0 saturated carbocycles. The Morgan fingerprint density at radius 3 is 2.23 bits per heavy atom. The van der Waals surface area contributed by atoms with Crippen molar-refractivity contribution in [2.75, 3.05) is 10.8 Å². The molecule has 0 fully saturated rings. The number of aryl methyl sites for hydroxylation is 2. The van der Waals surface area contributed by atoms with Crippen molar-refractivity contribution in [3.63, 3.8) is 0 Å². The summed E-state index contributed by atoms with van der Waals surface area (Å²) < 4.78 is 29.0. The summed E-state index contributed by atoms with van der Waals surface area (Å²) in [5, 5.41) is 3.59. The maximum absolute atomic E-state index is 14.0. The van der Waals surface area contributed by atoms with Crippen molar-refractivity contribution in [3.05, 3.63) is 93.5 Å². The highest BCUT2D eigenvalue weighted by atomic mass is 35.5. The maximum Gasteiger partial charge on any atom is 0.264 e. The molecule has 3 aromatic rings. The van der Waals surface area contributed by atoms with E-state index in [0.29, 0.717) is 26.9 Å². The molecule has 0 aliphatic heterocycles.